The lowest BCUT2D eigenvalue weighted by Gasteiger charge is -2.19. The van der Waals surface area contributed by atoms with Crippen LogP contribution in [0.1, 0.15) is 52.5 Å². The molecule has 1 rings (SSSR count). The number of hydrogen-bond donors (Lipinski definition) is 1. The fraction of sp³-hybridized carbons (Fsp3) is 0.684. The molecule has 0 aliphatic rings. The average Bonchev–Trinajstić information content (AvgIpc) is 2.37. The number of rotatable bonds is 10. The van der Waals surface area contributed by atoms with Gasteiger partial charge in [0.1, 0.15) is 0 Å². The topological polar surface area (TPSA) is 12.0 Å². The van der Waals surface area contributed by atoms with Crippen molar-refractivity contribution in [3.63, 3.8) is 0 Å². The Bertz CT molecular complexity index is 373. The second-order valence-electron chi connectivity index (χ2n) is 7.08. The van der Waals surface area contributed by atoms with Gasteiger partial charge in [0, 0.05) is 5.02 Å². The van der Waals surface area contributed by atoms with E-state index in [9.17, 15) is 0 Å². The van der Waals surface area contributed by atoms with Crippen molar-refractivity contribution < 1.29 is 0 Å². The van der Waals surface area contributed by atoms with Crippen LogP contribution in [0.3, 0.4) is 0 Å². The maximum atomic E-state index is 6.10. The summed E-state index contributed by atoms with van der Waals surface area (Å²) >= 11 is 6.10. The Hall–Kier alpha value is -0.530. The van der Waals surface area contributed by atoms with E-state index in [1.54, 1.807) is 0 Å². The first-order valence-electron chi connectivity index (χ1n) is 8.42. The Morgan fingerprint density at radius 2 is 1.76 bits per heavy atom. The lowest BCUT2D eigenvalue weighted by atomic mass is 9.92. The summed E-state index contributed by atoms with van der Waals surface area (Å²) in [6.45, 7) is 11.4. The minimum Gasteiger partial charge on any atom is -0.316 e. The quantitative estimate of drug-likeness (QED) is 0.595. The summed E-state index contributed by atoms with van der Waals surface area (Å²) in [5.41, 5.74) is 1.36. The van der Waals surface area contributed by atoms with Crippen LogP contribution in [0.4, 0.5) is 0 Å². The van der Waals surface area contributed by atoms with Gasteiger partial charge in [0.05, 0.1) is 0 Å². The molecule has 0 fully saturated rings. The Labute approximate surface area is 136 Å². The number of halogens is 1. The summed E-state index contributed by atoms with van der Waals surface area (Å²) in [6.07, 6.45) is 5.09. The van der Waals surface area contributed by atoms with Crippen LogP contribution in [0, 0.1) is 17.8 Å². The van der Waals surface area contributed by atoms with Crippen molar-refractivity contribution in [3.8, 4) is 0 Å². The molecule has 1 aromatic carbocycles. The minimum atomic E-state index is 0.709. The third-order valence-electron chi connectivity index (χ3n) is 3.79. The van der Waals surface area contributed by atoms with E-state index in [0.29, 0.717) is 11.8 Å². The molecule has 1 N–H and O–H groups in total. The van der Waals surface area contributed by atoms with Gasteiger partial charge in [-0.1, -0.05) is 64.3 Å². The molecule has 0 bridgehead atoms. The predicted molar refractivity (Wildman–Crippen MR) is 95.0 cm³/mol. The van der Waals surface area contributed by atoms with Gasteiger partial charge in [-0.05, 0) is 61.4 Å². The highest BCUT2D eigenvalue weighted by atomic mass is 35.5. The minimum absolute atomic E-state index is 0.709. The van der Waals surface area contributed by atoms with Crippen LogP contribution in [0.25, 0.3) is 0 Å². The van der Waals surface area contributed by atoms with Crippen molar-refractivity contribution in [2.24, 2.45) is 17.8 Å². The second kappa shape index (κ2) is 10.2. The zero-order chi connectivity index (χ0) is 15.7. The van der Waals surface area contributed by atoms with E-state index in [1.165, 1.54) is 24.8 Å². The lowest BCUT2D eigenvalue weighted by molar-refractivity contribution is 0.396. The molecule has 1 unspecified atom stereocenters. The van der Waals surface area contributed by atoms with Crippen molar-refractivity contribution in [2.75, 3.05) is 13.1 Å². The second-order valence-corrected chi connectivity index (χ2v) is 7.51. The van der Waals surface area contributed by atoms with Crippen LogP contribution in [-0.2, 0) is 6.42 Å². The monoisotopic (exact) mass is 309 g/mol. The third-order valence-corrected chi connectivity index (χ3v) is 4.03. The van der Waals surface area contributed by atoms with Crippen LogP contribution in [0.5, 0.6) is 0 Å². The van der Waals surface area contributed by atoms with Gasteiger partial charge in [-0.3, -0.25) is 0 Å². The van der Waals surface area contributed by atoms with Crippen molar-refractivity contribution in [1.82, 2.24) is 5.32 Å². The first-order valence-corrected chi connectivity index (χ1v) is 8.80. The van der Waals surface area contributed by atoms with Crippen LogP contribution in [0.15, 0.2) is 24.3 Å². The molecule has 2 heteroatoms. The van der Waals surface area contributed by atoms with Crippen molar-refractivity contribution >= 4 is 11.6 Å². The van der Waals surface area contributed by atoms with E-state index in [-0.39, 0.29) is 0 Å². The summed E-state index contributed by atoms with van der Waals surface area (Å²) in [4.78, 5) is 0. The number of nitrogens with one attached hydrogen (secondary N) is 1. The van der Waals surface area contributed by atoms with E-state index < -0.39 is 0 Å². The van der Waals surface area contributed by atoms with Gasteiger partial charge >= 0.3 is 0 Å². The molecule has 0 heterocycles. The predicted octanol–water partition coefficient (Wildman–Crippen LogP) is 5.57. The zero-order valence-electron chi connectivity index (χ0n) is 14.2. The first-order chi connectivity index (χ1) is 9.97. The molecule has 0 saturated heterocycles. The highest BCUT2D eigenvalue weighted by Gasteiger charge is 2.11. The van der Waals surface area contributed by atoms with Crippen molar-refractivity contribution in [2.45, 2.75) is 53.4 Å². The molecule has 1 atom stereocenters. The van der Waals surface area contributed by atoms with E-state index in [0.717, 1.165) is 30.5 Å². The van der Waals surface area contributed by atoms with Gasteiger partial charge < -0.3 is 5.32 Å². The Kier molecular flexibility index (Phi) is 9.03. The molecule has 0 aromatic heterocycles. The maximum absolute atomic E-state index is 6.10. The summed E-state index contributed by atoms with van der Waals surface area (Å²) in [5, 5.41) is 4.48. The van der Waals surface area contributed by atoms with Gasteiger partial charge in [0.2, 0.25) is 0 Å². The van der Waals surface area contributed by atoms with Crippen LogP contribution < -0.4 is 5.32 Å². The lowest BCUT2D eigenvalue weighted by Crippen LogP contribution is -2.27. The van der Waals surface area contributed by atoms with E-state index in [4.69, 9.17) is 11.6 Å². The molecule has 0 saturated carbocycles. The van der Waals surface area contributed by atoms with Crippen LogP contribution >= 0.6 is 11.6 Å². The van der Waals surface area contributed by atoms with Gasteiger partial charge in [0.15, 0.2) is 0 Å². The van der Waals surface area contributed by atoms with Crippen LogP contribution in [-0.4, -0.2) is 13.1 Å². The van der Waals surface area contributed by atoms with E-state index in [1.807, 2.05) is 6.07 Å². The van der Waals surface area contributed by atoms with Gasteiger partial charge in [-0.25, -0.2) is 0 Å². The van der Waals surface area contributed by atoms with E-state index >= 15 is 0 Å². The molecule has 0 aliphatic heterocycles. The molecular formula is C19H32ClN. The molecule has 0 aliphatic carbocycles. The molecule has 0 spiro atoms. The zero-order valence-corrected chi connectivity index (χ0v) is 14.9. The van der Waals surface area contributed by atoms with Gasteiger partial charge in [-0.15, -0.1) is 0 Å². The maximum Gasteiger partial charge on any atom is 0.0408 e. The largest absolute Gasteiger partial charge is 0.316 e. The normalized spacial score (nSPS) is 13.1. The molecule has 1 aromatic rings. The van der Waals surface area contributed by atoms with E-state index in [2.05, 4.69) is 51.2 Å². The smallest absolute Gasteiger partial charge is 0.0408 e. The number of benzene rings is 1. The molecule has 0 radical (unpaired) electrons. The van der Waals surface area contributed by atoms with Gasteiger partial charge in [-0.2, -0.15) is 0 Å². The standard InChI is InChI=1S/C19H32ClN/c1-15(2)7-5-9-18(14-21-13-16(3)4)11-17-8-6-10-19(20)12-17/h6,8,10,12,15-16,18,21H,5,7,9,11,13-14H2,1-4H3. The highest BCUT2D eigenvalue weighted by Crippen LogP contribution is 2.19. The van der Waals surface area contributed by atoms with Crippen molar-refractivity contribution in [1.29, 1.82) is 0 Å². The van der Waals surface area contributed by atoms with Gasteiger partial charge in [0.25, 0.3) is 0 Å². The molecule has 1 nitrogen and oxygen atoms in total. The fourth-order valence-corrected chi connectivity index (χ4v) is 2.88. The number of hydrogen-bond acceptors (Lipinski definition) is 1. The Balaban J connectivity index is 2.49. The average molecular weight is 310 g/mol. The first kappa shape index (κ1) is 18.5. The summed E-state index contributed by atoms with van der Waals surface area (Å²) in [7, 11) is 0. The molecule has 120 valence electrons. The Morgan fingerprint density at radius 3 is 2.38 bits per heavy atom. The SMILES string of the molecule is CC(C)CCCC(CNCC(C)C)Cc1cccc(Cl)c1. The summed E-state index contributed by atoms with van der Waals surface area (Å²) in [5.74, 6) is 2.23. The highest BCUT2D eigenvalue weighted by molar-refractivity contribution is 6.30. The van der Waals surface area contributed by atoms with Crippen LogP contribution in [0.2, 0.25) is 5.02 Å². The summed E-state index contributed by atoms with van der Waals surface area (Å²) in [6, 6.07) is 8.32. The molecule has 0 amide bonds. The summed E-state index contributed by atoms with van der Waals surface area (Å²) < 4.78 is 0. The van der Waals surface area contributed by atoms with Crippen molar-refractivity contribution in [3.05, 3.63) is 34.9 Å². The third kappa shape index (κ3) is 9.16. The Morgan fingerprint density at radius 1 is 1.00 bits per heavy atom. The fourth-order valence-electron chi connectivity index (χ4n) is 2.66. The molecule has 21 heavy (non-hydrogen) atoms. The molecular weight excluding hydrogens is 278 g/mol.